The summed E-state index contributed by atoms with van der Waals surface area (Å²) in [5, 5.41) is 0.423. The van der Waals surface area contributed by atoms with E-state index in [1.807, 2.05) is 6.92 Å². The molecule has 0 saturated heterocycles. The van der Waals surface area contributed by atoms with Crippen molar-refractivity contribution in [3.05, 3.63) is 57.3 Å². The van der Waals surface area contributed by atoms with Gasteiger partial charge in [-0.1, -0.05) is 33.6 Å². The van der Waals surface area contributed by atoms with Crippen LogP contribution in [0.5, 0.6) is 11.5 Å². The van der Waals surface area contributed by atoms with Crippen molar-refractivity contribution in [1.29, 1.82) is 0 Å². The van der Waals surface area contributed by atoms with Crippen molar-refractivity contribution >= 4 is 27.5 Å². The highest BCUT2D eigenvalue weighted by Crippen LogP contribution is 2.33. The third-order valence-corrected chi connectivity index (χ3v) is 3.47. The van der Waals surface area contributed by atoms with E-state index in [0.717, 1.165) is 10.0 Å². The maximum Gasteiger partial charge on any atom is 0.165 e. The molecular weight excluding hydrogens is 345 g/mol. The van der Waals surface area contributed by atoms with Gasteiger partial charge in [-0.2, -0.15) is 0 Å². The van der Waals surface area contributed by atoms with E-state index >= 15 is 0 Å². The Morgan fingerprint density at radius 1 is 1.25 bits per heavy atom. The first-order chi connectivity index (χ1) is 9.45. The standard InChI is InChI=1S/C15H14BrClFNO/c1-9(19)6-10-2-5-14(13(18)7-10)20-15-8-11(16)3-4-12(15)17/h2-5,7-9H,6,19H2,1H3. The largest absolute Gasteiger partial charge is 0.453 e. The van der Waals surface area contributed by atoms with Gasteiger partial charge in [0.25, 0.3) is 0 Å². The highest BCUT2D eigenvalue weighted by molar-refractivity contribution is 9.10. The average Bonchev–Trinajstić information content (AvgIpc) is 2.36. The van der Waals surface area contributed by atoms with Crippen LogP contribution in [-0.4, -0.2) is 6.04 Å². The second-order valence-electron chi connectivity index (χ2n) is 4.62. The van der Waals surface area contributed by atoms with E-state index in [9.17, 15) is 4.39 Å². The van der Waals surface area contributed by atoms with Gasteiger partial charge < -0.3 is 10.5 Å². The molecule has 106 valence electrons. The van der Waals surface area contributed by atoms with Crippen LogP contribution in [-0.2, 0) is 6.42 Å². The molecule has 0 aliphatic heterocycles. The molecule has 2 aromatic rings. The molecule has 1 unspecified atom stereocenters. The summed E-state index contributed by atoms with van der Waals surface area (Å²) in [6.45, 7) is 1.88. The summed E-state index contributed by atoms with van der Waals surface area (Å²) in [5.74, 6) is 0.109. The Kier molecular flexibility index (Phi) is 5.02. The Morgan fingerprint density at radius 3 is 2.65 bits per heavy atom. The molecule has 0 bridgehead atoms. The van der Waals surface area contributed by atoms with Crippen molar-refractivity contribution in [3.63, 3.8) is 0 Å². The summed E-state index contributed by atoms with van der Waals surface area (Å²) >= 11 is 9.33. The summed E-state index contributed by atoms with van der Waals surface area (Å²) in [7, 11) is 0. The molecule has 5 heteroatoms. The van der Waals surface area contributed by atoms with Crippen molar-refractivity contribution in [2.45, 2.75) is 19.4 Å². The molecule has 20 heavy (non-hydrogen) atoms. The van der Waals surface area contributed by atoms with Gasteiger partial charge in [0.2, 0.25) is 0 Å². The van der Waals surface area contributed by atoms with Crippen LogP contribution in [0.15, 0.2) is 40.9 Å². The molecule has 1 atom stereocenters. The number of halogens is 3. The molecule has 2 aromatic carbocycles. The maximum absolute atomic E-state index is 14.0. The minimum absolute atomic E-state index is 0.0132. The Balaban J connectivity index is 2.23. The lowest BCUT2D eigenvalue weighted by atomic mass is 10.1. The first-order valence-electron chi connectivity index (χ1n) is 6.12. The Hall–Kier alpha value is -1.10. The molecule has 0 spiro atoms. The molecule has 0 aromatic heterocycles. The van der Waals surface area contributed by atoms with Crippen LogP contribution in [0.3, 0.4) is 0 Å². The predicted octanol–water partition coefficient (Wildman–Crippen LogP) is 4.92. The highest BCUT2D eigenvalue weighted by atomic mass is 79.9. The lowest BCUT2D eigenvalue weighted by Crippen LogP contribution is -2.17. The third-order valence-electron chi connectivity index (χ3n) is 2.67. The molecule has 0 aliphatic rings. The zero-order valence-electron chi connectivity index (χ0n) is 10.9. The van der Waals surface area contributed by atoms with Gasteiger partial charge in [-0.05, 0) is 49.2 Å². The molecule has 0 radical (unpaired) electrons. The van der Waals surface area contributed by atoms with Gasteiger partial charge in [0.05, 0.1) is 5.02 Å². The molecule has 0 saturated carbocycles. The molecule has 2 nitrogen and oxygen atoms in total. The first kappa shape index (κ1) is 15.3. The van der Waals surface area contributed by atoms with Crippen molar-refractivity contribution < 1.29 is 9.13 Å². The van der Waals surface area contributed by atoms with Crippen molar-refractivity contribution in [2.75, 3.05) is 0 Å². The number of nitrogens with two attached hydrogens (primary N) is 1. The minimum Gasteiger partial charge on any atom is -0.453 e. The second-order valence-corrected chi connectivity index (χ2v) is 5.95. The van der Waals surface area contributed by atoms with Crippen LogP contribution in [0, 0.1) is 5.82 Å². The number of hydrogen-bond donors (Lipinski definition) is 1. The van der Waals surface area contributed by atoms with Gasteiger partial charge in [-0.15, -0.1) is 0 Å². The van der Waals surface area contributed by atoms with Gasteiger partial charge in [0, 0.05) is 10.5 Å². The Bertz CT molecular complexity index is 619. The first-order valence-corrected chi connectivity index (χ1v) is 7.29. The SMILES string of the molecule is CC(N)Cc1ccc(Oc2cc(Br)ccc2Cl)c(F)c1. The lowest BCUT2D eigenvalue weighted by Gasteiger charge is -2.11. The fourth-order valence-electron chi connectivity index (χ4n) is 1.80. The third kappa shape index (κ3) is 3.95. The molecule has 0 amide bonds. The molecule has 2 N–H and O–H groups in total. The second kappa shape index (κ2) is 6.57. The van der Waals surface area contributed by atoms with Gasteiger partial charge in [0.1, 0.15) is 5.75 Å². The molecular formula is C15H14BrClFNO. The van der Waals surface area contributed by atoms with Crippen molar-refractivity contribution in [3.8, 4) is 11.5 Å². The van der Waals surface area contributed by atoms with Gasteiger partial charge in [0.15, 0.2) is 11.6 Å². The zero-order chi connectivity index (χ0) is 14.7. The van der Waals surface area contributed by atoms with E-state index in [-0.39, 0.29) is 11.8 Å². The summed E-state index contributed by atoms with van der Waals surface area (Å²) in [6, 6.07) is 9.97. The van der Waals surface area contributed by atoms with Gasteiger partial charge >= 0.3 is 0 Å². The number of ether oxygens (including phenoxy) is 1. The minimum atomic E-state index is -0.431. The van der Waals surface area contributed by atoms with Gasteiger partial charge in [-0.25, -0.2) is 4.39 Å². The van der Waals surface area contributed by atoms with Crippen LogP contribution >= 0.6 is 27.5 Å². The van der Waals surface area contributed by atoms with E-state index in [0.29, 0.717) is 17.2 Å². The fourth-order valence-corrected chi connectivity index (χ4v) is 2.30. The molecule has 0 heterocycles. The van der Waals surface area contributed by atoms with Crippen LogP contribution in [0.2, 0.25) is 5.02 Å². The van der Waals surface area contributed by atoms with Crippen molar-refractivity contribution in [2.24, 2.45) is 5.73 Å². The van der Waals surface area contributed by atoms with E-state index in [1.54, 1.807) is 30.3 Å². The van der Waals surface area contributed by atoms with Crippen molar-refractivity contribution in [1.82, 2.24) is 0 Å². The molecule has 0 aliphatic carbocycles. The van der Waals surface area contributed by atoms with Crippen LogP contribution in [0.1, 0.15) is 12.5 Å². The molecule has 0 fully saturated rings. The maximum atomic E-state index is 14.0. The van der Waals surface area contributed by atoms with Crippen LogP contribution < -0.4 is 10.5 Å². The average molecular weight is 359 g/mol. The fraction of sp³-hybridized carbons (Fsp3) is 0.200. The van der Waals surface area contributed by atoms with E-state index in [4.69, 9.17) is 22.1 Å². The number of hydrogen-bond acceptors (Lipinski definition) is 2. The lowest BCUT2D eigenvalue weighted by molar-refractivity contribution is 0.441. The summed E-state index contributed by atoms with van der Waals surface area (Å²) in [5.41, 5.74) is 6.53. The summed E-state index contributed by atoms with van der Waals surface area (Å²) < 4.78 is 20.3. The van der Waals surface area contributed by atoms with E-state index < -0.39 is 5.82 Å². The van der Waals surface area contributed by atoms with Crippen LogP contribution in [0.25, 0.3) is 0 Å². The highest BCUT2D eigenvalue weighted by Gasteiger charge is 2.10. The van der Waals surface area contributed by atoms with E-state index in [2.05, 4.69) is 15.9 Å². The predicted molar refractivity (Wildman–Crippen MR) is 83.0 cm³/mol. The molecule has 2 rings (SSSR count). The summed E-state index contributed by atoms with van der Waals surface area (Å²) in [4.78, 5) is 0. The topological polar surface area (TPSA) is 35.2 Å². The zero-order valence-corrected chi connectivity index (χ0v) is 13.2. The monoisotopic (exact) mass is 357 g/mol. The Morgan fingerprint density at radius 2 is 2.00 bits per heavy atom. The smallest absolute Gasteiger partial charge is 0.165 e. The van der Waals surface area contributed by atoms with E-state index in [1.165, 1.54) is 6.07 Å². The number of rotatable bonds is 4. The number of benzene rings is 2. The van der Waals surface area contributed by atoms with Crippen LogP contribution in [0.4, 0.5) is 4.39 Å². The quantitative estimate of drug-likeness (QED) is 0.841. The summed E-state index contributed by atoms with van der Waals surface area (Å²) in [6.07, 6.45) is 0.620. The van der Waals surface area contributed by atoms with Gasteiger partial charge in [-0.3, -0.25) is 0 Å². The normalized spacial score (nSPS) is 12.2. The Labute approximate surface area is 130 Å².